The number of ether oxygens (including phenoxy) is 3. The number of benzene rings is 2. The molecule has 0 radical (unpaired) electrons. The van der Waals surface area contributed by atoms with E-state index in [-0.39, 0.29) is 24.9 Å². The van der Waals surface area contributed by atoms with Crippen molar-refractivity contribution in [2.75, 3.05) is 57.5 Å². The van der Waals surface area contributed by atoms with E-state index in [0.29, 0.717) is 24.0 Å². The van der Waals surface area contributed by atoms with Crippen LogP contribution in [0.15, 0.2) is 36.4 Å². The number of thiazole rings is 1. The maximum Gasteiger partial charge on any atom is 0.266 e. The van der Waals surface area contributed by atoms with E-state index in [1.807, 2.05) is 31.2 Å². The molecule has 2 aromatic carbocycles. The van der Waals surface area contributed by atoms with Crippen LogP contribution < -0.4 is 14.4 Å². The minimum atomic E-state index is -0.106. The molecule has 184 valence electrons. The Balaban J connectivity index is 0.00000324. The molecule has 4 rings (SSSR count). The molecule has 0 saturated carbocycles. The summed E-state index contributed by atoms with van der Waals surface area (Å²) in [6.45, 7) is 11.2. The van der Waals surface area contributed by atoms with Crippen molar-refractivity contribution in [3.05, 3.63) is 47.5 Å². The third kappa shape index (κ3) is 6.39. The summed E-state index contributed by atoms with van der Waals surface area (Å²) in [5, 5.41) is 0.715. The summed E-state index contributed by atoms with van der Waals surface area (Å²) in [5.41, 5.74) is 3.32. The molecule has 0 spiro atoms. The fourth-order valence-electron chi connectivity index (χ4n) is 3.74. The average molecular weight is 506 g/mol. The van der Waals surface area contributed by atoms with Gasteiger partial charge in [0.2, 0.25) is 0 Å². The Kier molecular flexibility index (Phi) is 9.53. The normalized spacial score (nSPS) is 14.0. The second-order valence-electron chi connectivity index (χ2n) is 8.04. The molecule has 2 heterocycles. The Bertz CT molecular complexity index is 1080. The lowest BCUT2D eigenvalue weighted by molar-refractivity contribution is -0.120. The zero-order valence-corrected chi connectivity index (χ0v) is 21.5. The summed E-state index contributed by atoms with van der Waals surface area (Å²) in [6.07, 6.45) is 0. The fraction of sp³-hybridized carbons (Fsp3) is 0.440. The zero-order chi connectivity index (χ0) is 23.2. The first-order valence-electron chi connectivity index (χ1n) is 11.4. The second kappa shape index (κ2) is 12.4. The summed E-state index contributed by atoms with van der Waals surface area (Å²) >= 11 is 1.55. The van der Waals surface area contributed by atoms with Gasteiger partial charge in [-0.3, -0.25) is 14.6 Å². The van der Waals surface area contributed by atoms with Crippen molar-refractivity contribution >= 4 is 45.0 Å². The predicted octanol–water partition coefficient (Wildman–Crippen LogP) is 4.48. The van der Waals surface area contributed by atoms with Gasteiger partial charge in [-0.25, -0.2) is 4.98 Å². The number of halogens is 1. The third-order valence-electron chi connectivity index (χ3n) is 5.85. The van der Waals surface area contributed by atoms with E-state index in [1.165, 1.54) is 5.56 Å². The van der Waals surface area contributed by atoms with Crippen LogP contribution in [0.4, 0.5) is 5.13 Å². The molecule has 34 heavy (non-hydrogen) atoms. The summed E-state index contributed by atoms with van der Waals surface area (Å²) in [4.78, 5) is 22.2. The molecule has 3 aromatic rings. The number of aryl methyl sites for hydroxylation is 2. The van der Waals surface area contributed by atoms with Crippen LogP contribution in [-0.2, 0) is 9.53 Å². The third-order valence-corrected chi connectivity index (χ3v) is 6.89. The molecule has 9 heteroatoms. The van der Waals surface area contributed by atoms with Crippen molar-refractivity contribution in [1.82, 2.24) is 9.88 Å². The van der Waals surface area contributed by atoms with Gasteiger partial charge in [0.1, 0.15) is 11.5 Å². The van der Waals surface area contributed by atoms with Gasteiger partial charge in [0.05, 0.1) is 30.0 Å². The van der Waals surface area contributed by atoms with Gasteiger partial charge in [-0.05, 0) is 62.2 Å². The van der Waals surface area contributed by atoms with Crippen LogP contribution in [0.1, 0.15) is 18.1 Å². The molecule has 1 aliphatic heterocycles. The van der Waals surface area contributed by atoms with Gasteiger partial charge in [-0.1, -0.05) is 17.4 Å². The molecule has 0 N–H and O–H groups in total. The first kappa shape index (κ1) is 26.2. The number of nitrogens with zero attached hydrogens (tertiary/aromatic N) is 3. The Morgan fingerprint density at radius 3 is 2.44 bits per heavy atom. The van der Waals surface area contributed by atoms with Crippen molar-refractivity contribution in [3.8, 4) is 11.5 Å². The molecule has 0 aliphatic carbocycles. The number of carbonyl (C=O) groups is 1. The quantitative estimate of drug-likeness (QED) is 0.427. The summed E-state index contributed by atoms with van der Waals surface area (Å²) in [6, 6.07) is 11.5. The number of hydrogen-bond donors (Lipinski definition) is 0. The van der Waals surface area contributed by atoms with Crippen molar-refractivity contribution in [1.29, 1.82) is 0 Å². The van der Waals surface area contributed by atoms with Crippen molar-refractivity contribution in [2.45, 2.75) is 20.8 Å². The highest BCUT2D eigenvalue weighted by atomic mass is 35.5. The van der Waals surface area contributed by atoms with Gasteiger partial charge in [0.15, 0.2) is 11.7 Å². The molecule has 0 bridgehead atoms. The van der Waals surface area contributed by atoms with Crippen LogP contribution in [0, 0.1) is 13.8 Å². The van der Waals surface area contributed by atoms with Crippen LogP contribution in [0.2, 0.25) is 0 Å². The molecule has 0 unspecified atom stereocenters. The van der Waals surface area contributed by atoms with Crippen molar-refractivity contribution in [2.24, 2.45) is 0 Å². The van der Waals surface area contributed by atoms with Crippen LogP contribution in [0.3, 0.4) is 0 Å². The second-order valence-corrected chi connectivity index (χ2v) is 9.05. The minimum Gasteiger partial charge on any atom is -0.494 e. The van der Waals surface area contributed by atoms with E-state index >= 15 is 0 Å². The van der Waals surface area contributed by atoms with Crippen molar-refractivity contribution < 1.29 is 19.0 Å². The Morgan fingerprint density at radius 1 is 1.09 bits per heavy atom. The monoisotopic (exact) mass is 505 g/mol. The van der Waals surface area contributed by atoms with Crippen LogP contribution in [0.5, 0.6) is 11.5 Å². The summed E-state index contributed by atoms with van der Waals surface area (Å²) < 4.78 is 17.8. The highest BCUT2D eigenvalue weighted by Gasteiger charge is 2.22. The fourth-order valence-corrected chi connectivity index (χ4v) is 4.81. The molecular weight excluding hydrogens is 474 g/mol. The smallest absolute Gasteiger partial charge is 0.266 e. The predicted molar refractivity (Wildman–Crippen MR) is 139 cm³/mol. The lowest BCUT2D eigenvalue weighted by Gasteiger charge is -2.29. The van der Waals surface area contributed by atoms with Gasteiger partial charge < -0.3 is 14.2 Å². The number of anilines is 1. The SMILES string of the molecule is CCOc1ccc(OCC(=O)N(CCN2CCOCC2)c2nc3c(C)c(C)ccc3s2)cc1.Cl. The number of carbonyl (C=O) groups excluding carboxylic acids is 1. The average Bonchev–Trinajstić information content (AvgIpc) is 3.27. The molecule has 1 aromatic heterocycles. The van der Waals surface area contributed by atoms with Crippen LogP contribution in [0.25, 0.3) is 10.2 Å². The number of rotatable bonds is 9. The van der Waals surface area contributed by atoms with Gasteiger partial charge in [-0.15, -0.1) is 12.4 Å². The van der Waals surface area contributed by atoms with E-state index in [2.05, 4.69) is 30.9 Å². The van der Waals surface area contributed by atoms with E-state index in [0.717, 1.165) is 54.4 Å². The van der Waals surface area contributed by atoms with Crippen LogP contribution in [-0.4, -0.2) is 68.4 Å². The highest BCUT2D eigenvalue weighted by Crippen LogP contribution is 2.32. The van der Waals surface area contributed by atoms with Crippen molar-refractivity contribution in [3.63, 3.8) is 0 Å². The Hall–Kier alpha value is -2.39. The standard InChI is InChI=1S/C25H31N3O4S.ClH/c1-4-31-20-6-8-21(9-7-20)32-17-23(29)28(12-11-27-13-15-30-16-14-27)25-26-24-19(3)18(2)5-10-22(24)33-25;/h5-10H,4,11-17H2,1-3H3;1H. The number of hydrogen-bond acceptors (Lipinski definition) is 7. The first-order chi connectivity index (χ1) is 16.0. The maximum absolute atomic E-state index is 13.3. The highest BCUT2D eigenvalue weighted by molar-refractivity contribution is 7.22. The number of morpholine rings is 1. The maximum atomic E-state index is 13.3. The van der Waals surface area contributed by atoms with E-state index in [4.69, 9.17) is 19.2 Å². The summed E-state index contributed by atoms with van der Waals surface area (Å²) in [5.74, 6) is 1.31. The number of aromatic nitrogens is 1. The van der Waals surface area contributed by atoms with E-state index in [1.54, 1.807) is 16.2 Å². The van der Waals surface area contributed by atoms with Gasteiger partial charge in [0, 0.05) is 26.2 Å². The van der Waals surface area contributed by atoms with E-state index < -0.39 is 0 Å². The molecular formula is C25H32ClN3O4S. The first-order valence-corrected chi connectivity index (χ1v) is 12.2. The lowest BCUT2D eigenvalue weighted by atomic mass is 10.1. The molecule has 1 fully saturated rings. The molecule has 7 nitrogen and oxygen atoms in total. The molecule has 1 aliphatic rings. The van der Waals surface area contributed by atoms with Gasteiger partial charge >= 0.3 is 0 Å². The largest absolute Gasteiger partial charge is 0.494 e. The number of fused-ring (bicyclic) bond motifs is 1. The van der Waals surface area contributed by atoms with E-state index in [9.17, 15) is 4.79 Å². The molecule has 0 atom stereocenters. The molecule has 1 saturated heterocycles. The number of amides is 1. The molecule has 1 amide bonds. The zero-order valence-electron chi connectivity index (χ0n) is 19.9. The lowest BCUT2D eigenvalue weighted by Crippen LogP contribution is -2.44. The topological polar surface area (TPSA) is 64.1 Å². The Labute approximate surface area is 211 Å². The van der Waals surface area contributed by atoms with Gasteiger partial charge in [0.25, 0.3) is 5.91 Å². The summed E-state index contributed by atoms with van der Waals surface area (Å²) in [7, 11) is 0. The minimum absolute atomic E-state index is 0. The van der Waals surface area contributed by atoms with Gasteiger partial charge in [-0.2, -0.15) is 0 Å². The Morgan fingerprint density at radius 2 is 1.76 bits per heavy atom. The van der Waals surface area contributed by atoms with Crippen LogP contribution >= 0.6 is 23.7 Å².